The zero-order valence-electron chi connectivity index (χ0n) is 11.5. The van der Waals surface area contributed by atoms with Gasteiger partial charge in [0.15, 0.2) is 0 Å². The van der Waals surface area contributed by atoms with E-state index in [1.54, 1.807) is 31.4 Å². The number of aryl methyl sites for hydroxylation is 2. The molecule has 1 amide bonds. The van der Waals surface area contributed by atoms with Crippen LogP contribution < -0.4 is 10.2 Å². The summed E-state index contributed by atoms with van der Waals surface area (Å²) in [5.74, 6) is -1.55. The van der Waals surface area contributed by atoms with Crippen molar-refractivity contribution in [1.29, 1.82) is 0 Å². The molecular formula is C14H14N2O4S. The van der Waals surface area contributed by atoms with Crippen molar-refractivity contribution in [2.45, 2.75) is 20.4 Å². The number of aromatic carboxylic acids is 1. The van der Waals surface area contributed by atoms with E-state index in [2.05, 4.69) is 5.32 Å². The first kappa shape index (κ1) is 15.0. The monoisotopic (exact) mass is 306 g/mol. The van der Waals surface area contributed by atoms with Gasteiger partial charge in [-0.2, -0.15) is 0 Å². The summed E-state index contributed by atoms with van der Waals surface area (Å²) in [6, 6.07) is 4.74. The van der Waals surface area contributed by atoms with Gasteiger partial charge in [0.2, 0.25) is 5.91 Å². The minimum atomic E-state index is -1.11. The first-order chi connectivity index (χ1) is 9.88. The van der Waals surface area contributed by atoms with E-state index in [0.717, 1.165) is 16.9 Å². The average Bonchev–Trinajstić information content (AvgIpc) is 2.72. The highest BCUT2D eigenvalue weighted by molar-refractivity contribution is 7.07. The molecule has 21 heavy (non-hydrogen) atoms. The zero-order valence-corrected chi connectivity index (χ0v) is 12.4. The lowest BCUT2D eigenvalue weighted by atomic mass is 10.1. The number of nitrogens with one attached hydrogen (secondary N) is 1. The van der Waals surface area contributed by atoms with Crippen molar-refractivity contribution in [1.82, 2.24) is 4.57 Å². The summed E-state index contributed by atoms with van der Waals surface area (Å²) in [7, 11) is 0. The van der Waals surface area contributed by atoms with Gasteiger partial charge in [0, 0.05) is 11.1 Å². The fourth-order valence-corrected chi connectivity index (χ4v) is 2.61. The number of rotatable bonds is 4. The molecule has 0 saturated carbocycles. The van der Waals surface area contributed by atoms with Crippen LogP contribution in [0.5, 0.6) is 0 Å². The Morgan fingerprint density at radius 2 is 2.05 bits per heavy atom. The molecular weight excluding hydrogens is 292 g/mol. The first-order valence-electron chi connectivity index (χ1n) is 6.17. The number of thiazole rings is 1. The molecule has 1 aromatic carbocycles. The van der Waals surface area contributed by atoms with Crippen LogP contribution in [0.25, 0.3) is 0 Å². The number of carboxylic acids is 1. The van der Waals surface area contributed by atoms with E-state index < -0.39 is 11.9 Å². The zero-order chi connectivity index (χ0) is 15.6. The number of nitrogens with zero attached hydrogens (tertiary/aromatic N) is 1. The van der Waals surface area contributed by atoms with Crippen LogP contribution in [0.4, 0.5) is 5.69 Å². The average molecular weight is 306 g/mol. The molecule has 0 saturated heterocycles. The molecule has 0 aliphatic carbocycles. The van der Waals surface area contributed by atoms with Gasteiger partial charge in [0.25, 0.3) is 0 Å². The van der Waals surface area contributed by atoms with Crippen LogP contribution in [-0.4, -0.2) is 21.6 Å². The van der Waals surface area contributed by atoms with E-state index in [4.69, 9.17) is 5.11 Å². The molecule has 2 N–H and O–H groups in total. The minimum Gasteiger partial charge on any atom is -0.478 e. The standard InChI is InChI=1S/C14H14N2O4S/c1-8-3-4-11(10(5-8)13(18)19)15-12(17)6-16-9(2)7-21-14(16)20/h3-5,7H,6H2,1-2H3,(H,15,17)(H,18,19). The third-order valence-corrected chi connectivity index (χ3v) is 3.84. The highest BCUT2D eigenvalue weighted by atomic mass is 32.1. The quantitative estimate of drug-likeness (QED) is 0.902. The summed E-state index contributed by atoms with van der Waals surface area (Å²) in [6.07, 6.45) is 0. The highest BCUT2D eigenvalue weighted by Gasteiger charge is 2.14. The third kappa shape index (κ3) is 3.38. The molecule has 0 unspecified atom stereocenters. The van der Waals surface area contributed by atoms with Crippen LogP contribution >= 0.6 is 11.3 Å². The molecule has 1 heterocycles. The Hall–Kier alpha value is -2.41. The normalized spacial score (nSPS) is 10.4. The molecule has 1 aromatic heterocycles. The van der Waals surface area contributed by atoms with Crippen LogP contribution in [0.1, 0.15) is 21.6 Å². The molecule has 0 atom stereocenters. The van der Waals surface area contributed by atoms with Crippen LogP contribution in [0.2, 0.25) is 0 Å². The number of aromatic nitrogens is 1. The van der Waals surface area contributed by atoms with Gasteiger partial charge < -0.3 is 10.4 Å². The molecule has 0 fully saturated rings. The summed E-state index contributed by atoms with van der Waals surface area (Å²) >= 11 is 1.02. The fraction of sp³-hybridized carbons (Fsp3) is 0.214. The molecule has 0 spiro atoms. The number of carbonyl (C=O) groups is 2. The minimum absolute atomic E-state index is 0.0257. The van der Waals surface area contributed by atoms with E-state index in [1.165, 1.54) is 10.6 Å². The summed E-state index contributed by atoms with van der Waals surface area (Å²) in [5.41, 5.74) is 1.73. The number of benzene rings is 1. The van der Waals surface area contributed by atoms with Crippen molar-refractivity contribution in [2.24, 2.45) is 0 Å². The second-order valence-electron chi connectivity index (χ2n) is 4.63. The number of carboxylic acid groups (broad SMARTS) is 1. The van der Waals surface area contributed by atoms with Gasteiger partial charge in [0.05, 0.1) is 11.3 Å². The molecule has 0 aliphatic rings. The van der Waals surface area contributed by atoms with Crippen molar-refractivity contribution in [2.75, 3.05) is 5.32 Å². The summed E-state index contributed by atoms with van der Waals surface area (Å²) in [6.45, 7) is 3.37. The first-order valence-corrected chi connectivity index (χ1v) is 7.05. The molecule has 110 valence electrons. The van der Waals surface area contributed by atoms with Gasteiger partial charge >= 0.3 is 10.8 Å². The van der Waals surface area contributed by atoms with Crippen molar-refractivity contribution >= 4 is 28.9 Å². The van der Waals surface area contributed by atoms with E-state index in [0.29, 0.717) is 5.69 Å². The number of amides is 1. The Bertz CT molecular complexity index is 761. The van der Waals surface area contributed by atoms with Gasteiger partial charge in [-0.25, -0.2) is 4.79 Å². The van der Waals surface area contributed by atoms with Crippen molar-refractivity contribution < 1.29 is 14.7 Å². The van der Waals surface area contributed by atoms with Gasteiger partial charge in [0.1, 0.15) is 6.54 Å². The van der Waals surface area contributed by atoms with E-state index in [1.807, 2.05) is 0 Å². The van der Waals surface area contributed by atoms with Gasteiger partial charge in [-0.05, 0) is 26.0 Å². The summed E-state index contributed by atoms with van der Waals surface area (Å²) in [5, 5.41) is 13.4. The predicted molar refractivity (Wildman–Crippen MR) is 80.1 cm³/mol. The van der Waals surface area contributed by atoms with Crippen molar-refractivity contribution in [3.63, 3.8) is 0 Å². The van der Waals surface area contributed by atoms with Crippen LogP contribution in [0.3, 0.4) is 0 Å². The van der Waals surface area contributed by atoms with Gasteiger partial charge in [-0.1, -0.05) is 23.0 Å². The van der Waals surface area contributed by atoms with Crippen molar-refractivity contribution in [3.8, 4) is 0 Å². The smallest absolute Gasteiger partial charge is 0.337 e. The Labute approximate surface area is 124 Å². The SMILES string of the molecule is Cc1ccc(NC(=O)Cn2c(C)csc2=O)c(C(=O)O)c1. The van der Waals surface area contributed by atoms with E-state index in [9.17, 15) is 14.4 Å². The molecule has 0 bridgehead atoms. The van der Waals surface area contributed by atoms with Crippen molar-refractivity contribution in [3.05, 3.63) is 50.1 Å². The Morgan fingerprint density at radius 1 is 1.33 bits per heavy atom. The van der Waals surface area contributed by atoms with Gasteiger partial charge in [-0.3, -0.25) is 14.2 Å². The Balaban J connectivity index is 2.21. The lowest BCUT2D eigenvalue weighted by Crippen LogP contribution is -2.25. The molecule has 2 aromatic rings. The summed E-state index contributed by atoms with van der Waals surface area (Å²) in [4.78, 5) is 34.5. The van der Waals surface area contributed by atoms with Crippen LogP contribution in [-0.2, 0) is 11.3 Å². The third-order valence-electron chi connectivity index (χ3n) is 2.96. The molecule has 7 heteroatoms. The lowest BCUT2D eigenvalue weighted by molar-refractivity contribution is -0.116. The van der Waals surface area contributed by atoms with Crippen LogP contribution in [0.15, 0.2) is 28.4 Å². The summed E-state index contributed by atoms with van der Waals surface area (Å²) < 4.78 is 1.34. The molecule has 0 radical (unpaired) electrons. The van der Waals surface area contributed by atoms with Crippen LogP contribution in [0, 0.1) is 13.8 Å². The Kier molecular flexibility index (Phi) is 4.23. The maximum absolute atomic E-state index is 12.0. The molecule has 6 nitrogen and oxygen atoms in total. The maximum Gasteiger partial charge on any atom is 0.337 e. The highest BCUT2D eigenvalue weighted by Crippen LogP contribution is 2.17. The van der Waals surface area contributed by atoms with E-state index >= 15 is 0 Å². The molecule has 0 aliphatic heterocycles. The number of anilines is 1. The Morgan fingerprint density at radius 3 is 2.62 bits per heavy atom. The number of hydrogen-bond acceptors (Lipinski definition) is 4. The second kappa shape index (κ2) is 5.92. The number of hydrogen-bond donors (Lipinski definition) is 2. The fourth-order valence-electron chi connectivity index (χ4n) is 1.87. The largest absolute Gasteiger partial charge is 0.478 e. The predicted octanol–water partition coefficient (Wildman–Crippen LogP) is 1.86. The topological polar surface area (TPSA) is 88.4 Å². The second-order valence-corrected chi connectivity index (χ2v) is 5.45. The maximum atomic E-state index is 12.0. The number of carbonyl (C=O) groups excluding carboxylic acids is 1. The lowest BCUT2D eigenvalue weighted by Gasteiger charge is -2.10. The molecule has 2 rings (SSSR count). The van der Waals surface area contributed by atoms with E-state index in [-0.39, 0.29) is 22.7 Å². The van der Waals surface area contributed by atoms with Gasteiger partial charge in [-0.15, -0.1) is 0 Å².